The first-order valence-corrected chi connectivity index (χ1v) is 7.97. The van der Waals surface area contributed by atoms with Crippen LogP contribution in [0, 0.1) is 0 Å². The average molecular weight is 317 g/mol. The molecule has 0 aliphatic heterocycles. The van der Waals surface area contributed by atoms with Gasteiger partial charge in [-0.15, -0.1) is 0 Å². The maximum Gasteiger partial charge on any atom is 0.255 e. The number of aromatic nitrogens is 2. The van der Waals surface area contributed by atoms with Crippen molar-refractivity contribution in [2.45, 2.75) is 13.5 Å². The van der Waals surface area contributed by atoms with Crippen LogP contribution in [0.2, 0.25) is 0 Å². The summed E-state index contributed by atoms with van der Waals surface area (Å²) in [7, 11) is 0. The lowest BCUT2D eigenvalue weighted by atomic mass is 10.1. The Morgan fingerprint density at radius 3 is 2.46 bits per heavy atom. The smallest absolute Gasteiger partial charge is 0.255 e. The summed E-state index contributed by atoms with van der Waals surface area (Å²) in [5, 5.41) is 0. The first kappa shape index (κ1) is 15.9. The van der Waals surface area contributed by atoms with Crippen LogP contribution >= 0.6 is 0 Å². The van der Waals surface area contributed by atoms with E-state index in [1.165, 1.54) is 0 Å². The minimum Gasteiger partial charge on any atom is -0.335 e. The van der Waals surface area contributed by atoms with E-state index in [0.717, 1.165) is 16.8 Å². The Morgan fingerprint density at radius 1 is 1.00 bits per heavy atom. The van der Waals surface area contributed by atoms with Crippen LogP contribution in [0.5, 0.6) is 0 Å². The Morgan fingerprint density at radius 2 is 1.83 bits per heavy atom. The van der Waals surface area contributed by atoms with Crippen molar-refractivity contribution in [3.05, 3.63) is 84.3 Å². The summed E-state index contributed by atoms with van der Waals surface area (Å²) >= 11 is 0. The molecule has 2 aromatic heterocycles. The van der Waals surface area contributed by atoms with E-state index in [2.05, 4.69) is 9.97 Å². The third kappa shape index (κ3) is 3.66. The molecule has 0 fully saturated rings. The lowest BCUT2D eigenvalue weighted by Crippen LogP contribution is -2.30. The highest BCUT2D eigenvalue weighted by atomic mass is 16.2. The highest BCUT2D eigenvalue weighted by Gasteiger charge is 2.15. The quantitative estimate of drug-likeness (QED) is 0.719. The third-order valence-electron chi connectivity index (χ3n) is 3.85. The number of pyridine rings is 2. The minimum absolute atomic E-state index is 0.00779. The molecule has 0 N–H and O–H groups in total. The Kier molecular flexibility index (Phi) is 4.96. The van der Waals surface area contributed by atoms with Gasteiger partial charge in [-0.2, -0.15) is 0 Å². The van der Waals surface area contributed by atoms with Gasteiger partial charge in [0.05, 0.1) is 11.3 Å². The van der Waals surface area contributed by atoms with Gasteiger partial charge in [0, 0.05) is 37.2 Å². The summed E-state index contributed by atoms with van der Waals surface area (Å²) in [6.07, 6.45) is 5.13. The van der Waals surface area contributed by atoms with Crippen LogP contribution < -0.4 is 0 Å². The molecule has 0 saturated carbocycles. The second-order valence-electron chi connectivity index (χ2n) is 5.48. The molecule has 24 heavy (non-hydrogen) atoms. The topological polar surface area (TPSA) is 46.1 Å². The van der Waals surface area contributed by atoms with Crippen LogP contribution in [-0.2, 0) is 6.54 Å². The summed E-state index contributed by atoms with van der Waals surface area (Å²) < 4.78 is 0. The van der Waals surface area contributed by atoms with Gasteiger partial charge in [-0.05, 0) is 36.8 Å². The maximum atomic E-state index is 12.7. The lowest BCUT2D eigenvalue weighted by molar-refractivity contribution is 0.0752. The van der Waals surface area contributed by atoms with Crippen molar-refractivity contribution in [2.75, 3.05) is 6.54 Å². The van der Waals surface area contributed by atoms with Crippen molar-refractivity contribution < 1.29 is 4.79 Å². The van der Waals surface area contributed by atoms with Crippen molar-refractivity contribution in [3.8, 4) is 11.3 Å². The SMILES string of the molecule is CCN(Cc1ccccc1)C(=O)c1ccc(-c2cccnc2)nc1. The number of amides is 1. The van der Waals surface area contributed by atoms with Gasteiger partial charge in [-0.1, -0.05) is 30.3 Å². The number of rotatable bonds is 5. The second-order valence-corrected chi connectivity index (χ2v) is 5.48. The van der Waals surface area contributed by atoms with Crippen LogP contribution in [0.15, 0.2) is 73.2 Å². The average Bonchev–Trinajstić information content (AvgIpc) is 2.67. The fourth-order valence-electron chi connectivity index (χ4n) is 2.52. The molecule has 0 aliphatic rings. The van der Waals surface area contributed by atoms with Gasteiger partial charge >= 0.3 is 0 Å². The molecule has 1 amide bonds. The Hall–Kier alpha value is -3.01. The molecule has 120 valence electrons. The lowest BCUT2D eigenvalue weighted by Gasteiger charge is -2.21. The van der Waals surface area contributed by atoms with Crippen molar-refractivity contribution >= 4 is 5.91 Å². The molecule has 3 aromatic rings. The van der Waals surface area contributed by atoms with Crippen molar-refractivity contribution in [3.63, 3.8) is 0 Å². The molecule has 2 heterocycles. The third-order valence-corrected chi connectivity index (χ3v) is 3.85. The zero-order valence-electron chi connectivity index (χ0n) is 13.6. The molecule has 0 atom stereocenters. The van der Waals surface area contributed by atoms with Gasteiger partial charge in [0.25, 0.3) is 5.91 Å². The number of carbonyl (C=O) groups is 1. The van der Waals surface area contributed by atoms with Crippen molar-refractivity contribution in [2.24, 2.45) is 0 Å². The van der Waals surface area contributed by atoms with Gasteiger partial charge in [0.15, 0.2) is 0 Å². The zero-order chi connectivity index (χ0) is 16.8. The van der Waals surface area contributed by atoms with Crippen LogP contribution in [0.25, 0.3) is 11.3 Å². The molecular weight excluding hydrogens is 298 g/mol. The number of hydrogen-bond acceptors (Lipinski definition) is 3. The Bertz CT molecular complexity index is 786. The Balaban J connectivity index is 1.76. The number of benzene rings is 1. The van der Waals surface area contributed by atoms with E-state index < -0.39 is 0 Å². The van der Waals surface area contributed by atoms with E-state index in [0.29, 0.717) is 18.7 Å². The van der Waals surface area contributed by atoms with E-state index in [9.17, 15) is 4.79 Å². The fraction of sp³-hybridized carbons (Fsp3) is 0.150. The van der Waals surface area contributed by atoms with Crippen LogP contribution in [0.1, 0.15) is 22.8 Å². The van der Waals surface area contributed by atoms with E-state index in [1.807, 2.05) is 66.4 Å². The minimum atomic E-state index is -0.00779. The molecule has 0 radical (unpaired) electrons. The van der Waals surface area contributed by atoms with Crippen LogP contribution in [0.3, 0.4) is 0 Å². The van der Waals surface area contributed by atoms with Crippen LogP contribution in [0.4, 0.5) is 0 Å². The molecular formula is C20H19N3O. The van der Waals surface area contributed by atoms with E-state index >= 15 is 0 Å². The van der Waals surface area contributed by atoms with E-state index in [-0.39, 0.29) is 5.91 Å². The highest BCUT2D eigenvalue weighted by molar-refractivity contribution is 5.94. The predicted molar refractivity (Wildman–Crippen MR) is 94.3 cm³/mol. The number of hydrogen-bond donors (Lipinski definition) is 0. The summed E-state index contributed by atoms with van der Waals surface area (Å²) in [6, 6.07) is 17.5. The van der Waals surface area contributed by atoms with Gasteiger partial charge in [0.1, 0.15) is 0 Å². The van der Waals surface area contributed by atoms with Crippen molar-refractivity contribution in [1.29, 1.82) is 0 Å². The Labute approximate surface area is 141 Å². The van der Waals surface area contributed by atoms with E-state index in [4.69, 9.17) is 0 Å². The predicted octanol–water partition coefficient (Wildman–Crippen LogP) is 3.81. The fourth-order valence-corrected chi connectivity index (χ4v) is 2.52. The standard InChI is InChI=1S/C20H19N3O/c1-2-23(15-16-7-4-3-5-8-16)20(24)18-10-11-19(22-14-18)17-9-6-12-21-13-17/h3-14H,2,15H2,1H3. The second kappa shape index (κ2) is 7.51. The molecule has 0 saturated heterocycles. The molecule has 1 aromatic carbocycles. The molecule has 0 aliphatic carbocycles. The van der Waals surface area contributed by atoms with Crippen molar-refractivity contribution in [1.82, 2.24) is 14.9 Å². The molecule has 4 heteroatoms. The highest BCUT2D eigenvalue weighted by Crippen LogP contribution is 2.16. The molecule has 3 rings (SSSR count). The van der Waals surface area contributed by atoms with Crippen LogP contribution in [-0.4, -0.2) is 27.3 Å². The van der Waals surface area contributed by atoms with Gasteiger partial charge in [-0.3, -0.25) is 14.8 Å². The summed E-state index contributed by atoms with van der Waals surface area (Å²) in [6.45, 7) is 3.23. The molecule has 4 nitrogen and oxygen atoms in total. The van der Waals surface area contributed by atoms with Gasteiger partial charge in [0.2, 0.25) is 0 Å². The molecule has 0 unspecified atom stereocenters. The monoisotopic (exact) mass is 317 g/mol. The first-order chi connectivity index (χ1) is 11.8. The van der Waals surface area contributed by atoms with Gasteiger partial charge in [-0.25, -0.2) is 0 Å². The van der Waals surface area contributed by atoms with E-state index in [1.54, 1.807) is 18.6 Å². The van der Waals surface area contributed by atoms with Gasteiger partial charge < -0.3 is 4.90 Å². The summed E-state index contributed by atoms with van der Waals surface area (Å²) in [5.41, 5.74) is 3.46. The maximum absolute atomic E-state index is 12.7. The number of carbonyl (C=O) groups excluding carboxylic acids is 1. The zero-order valence-corrected chi connectivity index (χ0v) is 13.6. The molecule has 0 bridgehead atoms. The summed E-state index contributed by atoms with van der Waals surface area (Å²) in [4.78, 5) is 23.0. The largest absolute Gasteiger partial charge is 0.335 e. The number of nitrogens with zero attached hydrogens (tertiary/aromatic N) is 3. The first-order valence-electron chi connectivity index (χ1n) is 7.97. The summed E-state index contributed by atoms with van der Waals surface area (Å²) in [5.74, 6) is -0.00779. The molecule has 0 spiro atoms. The normalized spacial score (nSPS) is 10.4.